The van der Waals surface area contributed by atoms with Crippen molar-refractivity contribution in [3.8, 4) is 0 Å². The molecular weight excluding hydrogens is 268 g/mol. The van der Waals surface area contributed by atoms with Crippen molar-refractivity contribution in [1.29, 1.82) is 0 Å². The number of likely N-dealkylation sites (tertiary alicyclic amines) is 1. The van der Waals surface area contributed by atoms with Crippen LogP contribution in [0.4, 0.5) is 0 Å². The molecule has 1 aliphatic heterocycles. The Kier molecular flexibility index (Phi) is 4.61. The number of hydrogen-bond acceptors (Lipinski definition) is 3. The van der Waals surface area contributed by atoms with E-state index in [1.807, 2.05) is 20.8 Å². The van der Waals surface area contributed by atoms with E-state index in [9.17, 15) is 14.7 Å². The summed E-state index contributed by atoms with van der Waals surface area (Å²) in [4.78, 5) is 25.8. The number of carbonyl (C=O) groups is 2. The maximum Gasteiger partial charge on any atom is 0.307 e. The minimum absolute atomic E-state index is 0.00226. The van der Waals surface area contributed by atoms with Gasteiger partial charge in [-0.1, -0.05) is 20.8 Å². The first kappa shape index (κ1) is 16.3. The Labute approximate surface area is 127 Å². The van der Waals surface area contributed by atoms with E-state index in [4.69, 9.17) is 0 Å². The van der Waals surface area contributed by atoms with E-state index >= 15 is 0 Å². The van der Waals surface area contributed by atoms with E-state index in [-0.39, 0.29) is 17.9 Å². The van der Waals surface area contributed by atoms with Gasteiger partial charge < -0.3 is 10.4 Å². The quantitative estimate of drug-likeness (QED) is 0.829. The standard InChI is InChI=1S/C16H28N2O3/c1-10(11-5-6-11)18-8-12(14(19)20)7-13(9-18)17-15(21)16(2,3)4/h10-13H,5-9H2,1-4H3,(H,17,21)(H,19,20). The van der Waals surface area contributed by atoms with E-state index < -0.39 is 11.4 Å². The fourth-order valence-corrected chi connectivity index (χ4v) is 3.03. The molecule has 2 N–H and O–H groups in total. The summed E-state index contributed by atoms with van der Waals surface area (Å²) in [6, 6.07) is 0.356. The van der Waals surface area contributed by atoms with Crippen LogP contribution >= 0.6 is 0 Å². The lowest BCUT2D eigenvalue weighted by Gasteiger charge is -2.40. The molecule has 1 aliphatic carbocycles. The molecule has 0 aromatic rings. The van der Waals surface area contributed by atoms with Crippen molar-refractivity contribution in [2.45, 2.75) is 59.0 Å². The molecule has 1 saturated carbocycles. The summed E-state index contributed by atoms with van der Waals surface area (Å²) in [7, 11) is 0. The molecule has 0 aromatic heterocycles. The van der Waals surface area contributed by atoms with Crippen LogP contribution in [0.15, 0.2) is 0 Å². The van der Waals surface area contributed by atoms with E-state index in [2.05, 4.69) is 17.1 Å². The molecule has 0 bridgehead atoms. The molecule has 1 saturated heterocycles. The third-order valence-corrected chi connectivity index (χ3v) is 4.72. The van der Waals surface area contributed by atoms with Crippen molar-refractivity contribution in [1.82, 2.24) is 10.2 Å². The largest absolute Gasteiger partial charge is 0.481 e. The number of carbonyl (C=O) groups excluding carboxylic acids is 1. The van der Waals surface area contributed by atoms with Crippen LogP contribution in [0.25, 0.3) is 0 Å². The van der Waals surface area contributed by atoms with Gasteiger partial charge in [0, 0.05) is 30.6 Å². The van der Waals surface area contributed by atoms with Crippen LogP contribution in [0.2, 0.25) is 0 Å². The summed E-state index contributed by atoms with van der Waals surface area (Å²) in [6.45, 7) is 9.20. The number of nitrogens with zero attached hydrogens (tertiary/aromatic N) is 1. The first-order chi connectivity index (χ1) is 9.68. The molecule has 2 rings (SSSR count). The molecular formula is C16H28N2O3. The van der Waals surface area contributed by atoms with Crippen molar-refractivity contribution < 1.29 is 14.7 Å². The number of aliphatic carboxylic acids is 1. The molecule has 0 radical (unpaired) electrons. The zero-order valence-corrected chi connectivity index (χ0v) is 13.6. The molecule has 2 fully saturated rings. The maximum absolute atomic E-state index is 12.2. The molecule has 120 valence electrons. The van der Waals surface area contributed by atoms with Crippen molar-refractivity contribution in [3.05, 3.63) is 0 Å². The Morgan fingerprint density at radius 2 is 1.86 bits per heavy atom. The van der Waals surface area contributed by atoms with Crippen molar-refractivity contribution in [3.63, 3.8) is 0 Å². The van der Waals surface area contributed by atoms with E-state index in [0.717, 1.165) is 6.54 Å². The fourth-order valence-electron chi connectivity index (χ4n) is 3.03. The highest BCUT2D eigenvalue weighted by Gasteiger charge is 2.39. The van der Waals surface area contributed by atoms with Gasteiger partial charge in [-0.15, -0.1) is 0 Å². The first-order valence-electron chi connectivity index (χ1n) is 7.96. The second-order valence-electron chi connectivity index (χ2n) is 7.72. The van der Waals surface area contributed by atoms with Crippen LogP contribution in [0.5, 0.6) is 0 Å². The third kappa shape index (κ3) is 4.19. The third-order valence-electron chi connectivity index (χ3n) is 4.72. The van der Waals surface area contributed by atoms with Crippen LogP contribution < -0.4 is 5.32 Å². The lowest BCUT2D eigenvalue weighted by molar-refractivity contribution is -0.145. The zero-order chi connectivity index (χ0) is 15.8. The fraction of sp³-hybridized carbons (Fsp3) is 0.875. The van der Waals surface area contributed by atoms with Gasteiger partial charge in [-0.2, -0.15) is 0 Å². The topological polar surface area (TPSA) is 69.6 Å². The molecule has 1 amide bonds. The number of piperidine rings is 1. The van der Waals surface area contributed by atoms with Gasteiger partial charge >= 0.3 is 5.97 Å². The minimum Gasteiger partial charge on any atom is -0.481 e. The van der Waals surface area contributed by atoms with E-state index in [0.29, 0.717) is 24.9 Å². The first-order valence-corrected chi connectivity index (χ1v) is 7.96. The van der Waals surface area contributed by atoms with Crippen molar-refractivity contribution in [2.75, 3.05) is 13.1 Å². The summed E-state index contributed by atoms with van der Waals surface area (Å²) in [5, 5.41) is 12.4. The average Bonchev–Trinajstić information content (AvgIpc) is 3.20. The van der Waals surface area contributed by atoms with Crippen LogP contribution in [0.3, 0.4) is 0 Å². The Hall–Kier alpha value is -1.10. The van der Waals surface area contributed by atoms with Gasteiger partial charge in [-0.25, -0.2) is 0 Å². The summed E-state index contributed by atoms with van der Waals surface area (Å²) < 4.78 is 0. The highest BCUT2D eigenvalue weighted by atomic mass is 16.4. The second-order valence-corrected chi connectivity index (χ2v) is 7.72. The molecule has 3 unspecified atom stereocenters. The van der Waals surface area contributed by atoms with Gasteiger partial charge in [-0.3, -0.25) is 14.5 Å². The number of carboxylic acids is 1. The number of carboxylic acid groups (broad SMARTS) is 1. The van der Waals surface area contributed by atoms with Gasteiger partial charge in [0.15, 0.2) is 0 Å². The van der Waals surface area contributed by atoms with Crippen LogP contribution in [0.1, 0.15) is 47.0 Å². The smallest absolute Gasteiger partial charge is 0.307 e. The highest BCUT2D eigenvalue weighted by Crippen LogP contribution is 2.36. The maximum atomic E-state index is 12.2. The van der Waals surface area contributed by atoms with Gasteiger partial charge in [0.1, 0.15) is 0 Å². The van der Waals surface area contributed by atoms with Crippen LogP contribution in [-0.2, 0) is 9.59 Å². The molecule has 0 spiro atoms. The zero-order valence-electron chi connectivity index (χ0n) is 13.6. The van der Waals surface area contributed by atoms with Gasteiger partial charge in [0.2, 0.25) is 5.91 Å². The average molecular weight is 296 g/mol. The Balaban J connectivity index is 2.02. The lowest BCUT2D eigenvalue weighted by Crippen LogP contribution is -2.56. The van der Waals surface area contributed by atoms with Crippen molar-refractivity contribution in [2.24, 2.45) is 17.3 Å². The number of nitrogens with one attached hydrogen (secondary N) is 1. The van der Waals surface area contributed by atoms with Crippen LogP contribution in [0, 0.1) is 17.3 Å². The summed E-state index contributed by atoms with van der Waals surface area (Å²) >= 11 is 0. The van der Waals surface area contributed by atoms with Crippen molar-refractivity contribution >= 4 is 11.9 Å². The Bertz CT molecular complexity index is 412. The van der Waals surface area contributed by atoms with E-state index in [1.54, 1.807) is 0 Å². The van der Waals surface area contributed by atoms with Gasteiger partial charge in [0.25, 0.3) is 0 Å². The monoisotopic (exact) mass is 296 g/mol. The molecule has 2 aliphatic rings. The number of hydrogen-bond donors (Lipinski definition) is 2. The Morgan fingerprint density at radius 1 is 1.24 bits per heavy atom. The van der Waals surface area contributed by atoms with Gasteiger partial charge in [-0.05, 0) is 32.1 Å². The van der Waals surface area contributed by atoms with Crippen LogP contribution in [-0.4, -0.2) is 47.1 Å². The summed E-state index contributed by atoms with van der Waals surface area (Å²) in [6.07, 6.45) is 3.02. The molecule has 5 heteroatoms. The molecule has 21 heavy (non-hydrogen) atoms. The normalized spacial score (nSPS) is 29.0. The summed E-state index contributed by atoms with van der Waals surface area (Å²) in [5.41, 5.74) is -0.441. The molecule has 1 heterocycles. The predicted molar refractivity (Wildman–Crippen MR) is 80.9 cm³/mol. The Morgan fingerprint density at radius 3 is 2.33 bits per heavy atom. The predicted octanol–water partition coefficient (Wildman–Crippen LogP) is 1.72. The summed E-state index contributed by atoms with van der Waals surface area (Å²) in [5.74, 6) is -0.433. The minimum atomic E-state index is -0.752. The number of rotatable bonds is 4. The van der Waals surface area contributed by atoms with Gasteiger partial charge in [0.05, 0.1) is 5.92 Å². The molecule has 0 aromatic carbocycles. The number of amides is 1. The molecule has 3 atom stereocenters. The highest BCUT2D eigenvalue weighted by molar-refractivity contribution is 5.81. The SMILES string of the molecule is CC(C1CC1)N1CC(NC(=O)C(C)(C)C)CC(C(=O)O)C1. The second kappa shape index (κ2) is 5.95. The van der Waals surface area contributed by atoms with E-state index in [1.165, 1.54) is 12.8 Å². The molecule has 5 nitrogen and oxygen atoms in total. The lowest BCUT2D eigenvalue weighted by atomic mass is 9.90.